The van der Waals surface area contributed by atoms with Crippen LogP contribution in [0.15, 0.2) is 24.3 Å². The van der Waals surface area contributed by atoms with Crippen LogP contribution < -0.4 is 10.6 Å². The summed E-state index contributed by atoms with van der Waals surface area (Å²) in [5.74, 6) is 0.0184. The molecule has 3 N–H and O–H groups in total. The zero-order valence-corrected chi connectivity index (χ0v) is 21.2. The highest BCUT2D eigenvalue weighted by molar-refractivity contribution is 7.98. The Kier molecular flexibility index (Phi) is 9.46. The molecule has 1 fully saturated rings. The number of hydrogen-bond donors (Lipinski definition) is 3. The summed E-state index contributed by atoms with van der Waals surface area (Å²) in [6, 6.07) is 4.42. The molecule has 0 bridgehead atoms. The van der Waals surface area contributed by atoms with Crippen LogP contribution >= 0.6 is 11.8 Å². The Hall–Kier alpha value is -2.42. The Morgan fingerprint density at radius 2 is 1.88 bits per heavy atom. The third kappa shape index (κ3) is 8.46. The standard InChI is InChI=1S/C24H37N3O5S/c1-15(2)25-21(29)20(16-8-7-9-18(28)14-16)27(17-10-11-17)22(30)19(12-13-33-6)26-23(31)32-24(3,4)5/h7-9,14-15,17,19-20,28H,10-13H2,1-6H3,(H,25,29)(H,26,31). The van der Waals surface area contributed by atoms with Crippen molar-refractivity contribution in [1.82, 2.24) is 15.5 Å². The number of thioether (sulfide) groups is 1. The number of phenolic OH excluding ortho intramolecular Hbond substituents is 1. The fraction of sp³-hybridized carbons (Fsp3) is 0.625. The summed E-state index contributed by atoms with van der Waals surface area (Å²) in [4.78, 5) is 41.2. The van der Waals surface area contributed by atoms with Gasteiger partial charge < -0.3 is 25.4 Å². The number of amides is 3. The summed E-state index contributed by atoms with van der Waals surface area (Å²) in [6.45, 7) is 8.99. The van der Waals surface area contributed by atoms with E-state index >= 15 is 0 Å². The van der Waals surface area contributed by atoms with Gasteiger partial charge in [0.2, 0.25) is 11.8 Å². The van der Waals surface area contributed by atoms with Crippen LogP contribution in [0.4, 0.5) is 4.79 Å². The van der Waals surface area contributed by atoms with Crippen molar-refractivity contribution < 1.29 is 24.2 Å². The van der Waals surface area contributed by atoms with Crippen molar-refractivity contribution in [2.75, 3.05) is 12.0 Å². The molecule has 1 aliphatic rings. The van der Waals surface area contributed by atoms with Crippen LogP contribution in [0.2, 0.25) is 0 Å². The number of nitrogens with one attached hydrogen (secondary N) is 2. The number of phenols is 1. The molecule has 0 radical (unpaired) electrons. The van der Waals surface area contributed by atoms with E-state index in [2.05, 4.69) is 10.6 Å². The van der Waals surface area contributed by atoms with Crippen molar-refractivity contribution >= 4 is 29.7 Å². The summed E-state index contributed by atoms with van der Waals surface area (Å²) in [7, 11) is 0. The summed E-state index contributed by atoms with van der Waals surface area (Å²) in [5.41, 5.74) is -0.177. The molecule has 2 rings (SSSR count). The first-order valence-electron chi connectivity index (χ1n) is 11.3. The van der Waals surface area contributed by atoms with E-state index in [0.717, 1.165) is 12.8 Å². The third-order valence-corrected chi connectivity index (χ3v) is 5.58. The smallest absolute Gasteiger partial charge is 0.408 e. The number of hydrogen-bond acceptors (Lipinski definition) is 6. The van der Waals surface area contributed by atoms with Gasteiger partial charge in [-0.15, -0.1) is 0 Å². The molecule has 184 valence electrons. The zero-order chi connectivity index (χ0) is 24.8. The minimum Gasteiger partial charge on any atom is -0.508 e. The van der Waals surface area contributed by atoms with Crippen LogP contribution in [0.3, 0.4) is 0 Å². The van der Waals surface area contributed by atoms with E-state index in [1.165, 1.54) is 12.1 Å². The molecule has 33 heavy (non-hydrogen) atoms. The molecule has 0 saturated heterocycles. The molecule has 0 aromatic heterocycles. The number of alkyl carbamates (subject to hydrolysis) is 1. The maximum absolute atomic E-state index is 13.8. The van der Waals surface area contributed by atoms with Crippen LogP contribution in [0, 0.1) is 0 Å². The second-order valence-electron chi connectivity index (χ2n) is 9.62. The molecule has 0 aliphatic heterocycles. The van der Waals surface area contributed by atoms with Crippen molar-refractivity contribution in [1.29, 1.82) is 0 Å². The summed E-state index contributed by atoms with van der Waals surface area (Å²) < 4.78 is 5.38. The molecule has 8 nitrogen and oxygen atoms in total. The van der Waals surface area contributed by atoms with Gasteiger partial charge in [0, 0.05) is 12.1 Å². The van der Waals surface area contributed by atoms with Crippen LogP contribution in [-0.4, -0.2) is 63.6 Å². The topological polar surface area (TPSA) is 108 Å². The highest BCUT2D eigenvalue weighted by atomic mass is 32.2. The minimum atomic E-state index is -0.920. The van der Waals surface area contributed by atoms with Crippen LogP contribution in [-0.2, 0) is 14.3 Å². The molecule has 0 heterocycles. The number of carbonyl (C=O) groups is 3. The number of ether oxygens (including phenoxy) is 1. The maximum atomic E-state index is 13.8. The predicted molar refractivity (Wildman–Crippen MR) is 130 cm³/mol. The Labute approximate surface area is 200 Å². The van der Waals surface area contributed by atoms with Gasteiger partial charge >= 0.3 is 6.09 Å². The molecule has 9 heteroatoms. The number of nitrogens with zero attached hydrogens (tertiary/aromatic N) is 1. The van der Waals surface area contributed by atoms with E-state index in [1.54, 1.807) is 49.6 Å². The Bertz CT molecular complexity index is 836. The Morgan fingerprint density at radius 1 is 1.21 bits per heavy atom. The van der Waals surface area contributed by atoms with Crippen LogP contribution in [0.1, 0.15) is 65.5 Å². The van der Waals surface area contributed by atoms with Gasteiger partial charge in [-0.25, -0.2) is 4.79 Å². The second-order valence-corrected chi connectivity index (χ2v) is 10.6. The van der Waals surface area contributed by atoms with Gasteiger partial charge in [-0.2, -0.15) is 11.8 Å². The van der Waals surface area contributed by atoms with Crippen molar-refractivity contribution in [3.63, 3.8) is 0 Å². The normalized spacial score (nSPS) is 15.5. The first-order valence-corrected chi connectivity index (χ1v) is 12.7. The lowest BCUT2D eigenvalue weighted by atomic mass is 10.0. The summed E-state index contributed by atoms with van der Waals surface area (Å²) >= 11 is 1.57. The van der Waals surface area contributed by atoms with Gasteiger partial charge in [0.15, 0.2) is 0 Å². The zero-order valence-electron chi connectivity index (χ0n) is 20.4. The third-order valence-electron chi connectivity index (χ3n) is 4.94. The number of aromatic hydroxyl groups is 1. The van der Waals surface area contributed by atoms with E-state index < -0.39 is 23.8 Å². The van der Waals surface area contributed by atoms with Crippen molar-refractivity contribution in [2.24, 2.45) is 0 Å². The number of carbonyl (C=O) groups excluding carboxylic acids is 3. The van der Waals surface area contributed by atoms with E-state index in [1.807, 2.05) is 20.1 Å². The van der Waals surface area contributed by atoms with Crippen molar-refractivity contribution in [3.05, 3.63) is 29.8 Å². The molecule has 1 aromatic carbocycles. The maximum Gasteiger partial charge on any atom is 0.408 e. The van der Waals surface area contributed by atoms with E-state index in [-0.39, 0.29) is 29.6 Å². The molecule has 1 aromatic rings. The van der Waals surface area contributed by atoms with Crippen LogP contribution in [0.25, 0.3) is 0 Å². The highest BCUT2D eigenvalue weighted by Crippen LogP contribution is 2.36. The lowest BCUT2D eigenvalue weighted by molar-refractivity contribution is -0.143. The van der Waals surface area contributed by atoms with Gasteiger partial charge in [-0.1, -0.05) is 12.1 Å². The lowest BCUT2D eigenvalue weighted by Crippen LogP contribution is -2.54. The Morgan fingerprint density at radius 3 is 2.39 bits per heavy atom. The molecule has 1 aliphatic carbocycles. The molecule has 2 unspecified atom stereocenters. The highest BCUT2D eigenvalue weighted by Gasteiger charge is 2.44. The average Bonchev–Trinajstić information content (AvgIpc) is 3.51. The molecule has 2 atom stereocenters. The van der Waals surface area contributed by atoms with Gasteiger partial charge in [-0.05, 0) is 83.6 Å². The fourth-order valence-electron chi connectivity index (χ4n) is 3.49. The molecule has 0 spiro atoms. The molecule has 1 saturated carbocycles. The van der Waals surface area contributed by atoms with E-state index in [0.29, 0.717) is 17.7 Å². The van der Waals surface area contributed by atoms with Crippen molar-refractivity contribution in [2.45, 2.75) is 83.6 Å². The lowest BCUT2D eigenvalue weighted by Gasteiger charge is -2.35. The monoisotopic (exact) mass is 479 g/mol. The molecular formula is C24H37N3O5S. The average molecular weight is 480 g/mol. The van der Waals surface area contributed by atoms with E-state index in [9.17, 15) is 19.5 Å². The molecule has 3 amide bonds. The Balaban J connectivity index is 2.40. The SMILES string of the molecule is CSCCC(NC(=O)OC(C)(C)C)C(=O)N(C1CC1)C(C(=O)NC(C)C)c1cccc(O)c1. The first kappa shape index (κ1) is 26.8. The number of benzene rings is 1. The van der Waals surface area contributed by atoms with Gasteiger partial charge in [-0.3, -0.25) is 9.59 Å². The quantitative estimate of drug-likeness (QED) is 0.473. The van der Waals surface area contributed by atoms with E-state index in [4.69, 9.17) is 4.74 Å². The summed E-state index contributed by atoms with van der Waals surface area (Å²) in [5, 5.41) is 15.7. The number of rotatable bonds is 10. The van der Waals surface area contributed by atoms with Gasteiger partial charge in [0.1, 0.15) is 23.4 Å². The van der Waals surface area contributed by atoms with Crippen LogP contribution in [0.5, 0.6) is 5.75 Å². The van der Waals surface area contributed by atoms with Gasteiger partial charge in [0.25, 0.3) is 0 Å². The second kappa shape index (κ2) is 11.6. The minimum absolute atomic E-state index is 0.0175. The molecular weight excluding hydrogens is 442 g/mol. The predicted octanol–water partition coefficient (Wildman–Crippen LogP) is 3.60. The fourth-order valence-corrected chi connectivity index (χ4v) is 3.96. The summed E-state index contributed by atoms with van der Waals surface area (Å²) in [6.07, 6.45) is 3.22. The van der Waals surface area contributed by atoms with Gasteiger partial charge in [0.05, 0.1) is 0 Å². The first-order chi connectivity index (χ1) is 15.4. The van der Waals surface area contributed by atoms with Crippen molar-refractivity contribution in [3.8, 4) is 5.75 Å². The largest absolute Gasteiger partial charge is 0.508 e.